The number of rotatable bonds is 0. The molecule has 2 nitrogen and oxygen atoms in total. The topological polar surface area (TPSA) is 52.0 Å². The Bertz CT molecular complexity index is 143. The van der Waals surface area contributed by atoms with Crippen molar-refractivity contribution in [3.63, 3.8) is 0 Å². The third kappa shape index (κ3) is 5.32. The zero-order chi connectivity index (χ0) is 5.54. The van der Waals surface area contributed by atoms with Crippen molar-refractivity contribution < 1.29 is 0 Å². The summed E-state index contributed by atoms with van der Waals surface area (Å²) >= 11 is 0. The van der Waals surface area contributed by atoms with Gasteiger partial charge in [-0.15, -0.1) is 0 Å². The van der Waals surface area contributed by atoms with E-state index in [1.807, 2.05) is 0 Å². The molecule has 0 atom stereocenters. The van der Waals surface area contributed by atoms with E-state index in [4.69, 9.17) is 11.1 Å². The van der Waals surface area contributed by atoms with Gasteiger partial charge in [0.1, 0.15) is 9.12 Å². The molecular formula is C4H6N2Si. The van der Waals surface area contributed by atoms with Gasteiger partial charge in [0.15, 0.2) is 0 Å². The van der Waals surface area contributed by atoms with Gasteiger partial charge in [0, 0.05) is 0 Å². The Morgan fingerprint density at radius 1 is 1.57 bits per heavy atom. The standard InChI is InChI=1S/C4H6N2Si/c5-3-1-2-4-7-6/h3,5-6H2. The third-order valence-corrected chi connectivity index (χ3v) is 0.594. The summed E-state index contributed by atoms with van der Waals surface area (Å²) in [6.45, 7) is 0.386. The van der Waals surface area contributed by atoms with E-state index >= 15 is 0 Å². The average Bonchev–Trinajstić information content (AvgIpc) is 1.69. The van der Waals surface area contributed by atoms with Crippen LogP contribution < -0.4 is 11.1 Å². The molecule has 36 valence electrons. The van der Waals surface area contributed by atoms with Crippen molar-refractivity contribution in [3.8, 4) is 17.3 Å². The van der Waals surface area contributed by atoms with E-state index in [0.29, 0.717) is 6.54 Å². The SMILES string of the molecule is NCC#CC#[Si]N. The molecule has 4 N–H and O–H groups in total. The van der Waals surface area contributed by atoms with Crippen LogP contribution in [0.2, 0.25) is 0 Å². The summed E-state index contributed by atoms with van der Waals surface area (Å²) in [7, 11) is 0.188. The van der Waals surface area contributed by atoms with Gasteiger partial charge < -0.3 is 11.1 Å². The van der Waals surface area contributed by atoms with Crippen molar-refractivity contribution in [2.24, 2.45) is 11.1 Å². The Labute approximate surface area is 45.1 Å². The van der Waals surface area contributed by atoms with Crippen molar-refractivity contribution >= 4 is 9.12 Å². The summed E-state index contributed by atoms with van der Waals surface area (Å²) in [5, 5.41) is 5.04. The van der Waals surface area contributed by atoms with Gasteiger partial charge in [0.05, 0.1) is 6.54 Å². The first-order valence-electron chi connectivity index (χ1n) is 1.80. The van der Waals surface area contributed by atoms with Crippen LogP contribution in [0, 0.1) is 17.3 Å². The molecule has 0 amide bonds. The maximum Gasteiger partial charge on any atom is 0.127 e. The number of nitrogens with two attached hydrogens (primary N) is 2. The average molecular weight is 110 g/mol. The van der Waals surface area contributed by atoms with Crippen molar-refractivity contribution in [2.45, 2.75) is 0 Å². The molecule has 0 saturated heterocycles. The predicted octanol–water partition coefficient (Wildman–Crippen LogP) is -1.51. The minimum absolute atomic E-state index is 0.188. The van der Waals surface area contributed by atoms with Crippen molar-refractivity contribution in [2.75, 3.05) is 6.54 Å². The summed E-state index contributed by atoms with van der Waals surface area (Å²) in [6.07, 6.45) is 0. The van der Waals surface area contributed by atoms with Crippen LogP contribution in [-0.4, -0.2) is 15.7 Å². The van der Waals surface area contributed by atoms with Crippen LogP contribution in [0.15, 0.2) is 0 Å². The summed E-state index contributed by atoms with van der Waals surface area (Å²) in [6, 6.07) is 0. The molecule has 0 spiro atoms. The van der Waals surface area contributed by atoms with E-state index in [2.05, 4.69) is 17.3 Å². The molecule has 0 aromatic heterocycles. The lowest BCUT2D eigenvalue weighted by Gasteiger charge is -1.61. The van der Waals surface area contributed by atoms with Gasteiger partial charge in [-0.1, -0.05) is 5.92 Å². The van der Waals surface area contributed by atoms with E-state index in [-0.39, 0.29) is 9.12 Å². The van der Waals surface area contributed by atoms with Crippen LogP contribution >= 0.6 is 0 Å². The fourth-order valence-corrected chi connectivity index (χ4v) is 0.292. The highest BCUT2D eigenvalue weighted by Gasteiger charge is 1.52. The summed E-state index contributed by atoms with van der Waals surface area (Å²) in [4.78, 5) is 0. The maximum absolute atomic E-state index is 5.04. The molecule has 0 heterocycles. The molecule has 0 aliphatic heterocycles. The van der Waals surface area contributed by atoms with Crippen molar-refractivity contribution in [1.29, 1.82) is 0 Å². The number of hydrogen-bond acceptors (Lipinski definition) is 2. The normalized spacial score (nSPS) is 4.71. The van der Waals surface area contributed by atoms with Crippen LogP contribution in [0.25, 0.3) is 0 Å². The molecule has 0 rings (SSSR count). The monoisotopic (exact) mass is 110 g/mol. The van der Waals surface area contributed by atoms with Crippen LogP contribution in [0.1, 0.15) is 0 Å². The van der Waals surface area contributed by atoms with Gasteiger partial charge in [-0.3, -0.25) is 0 Å². The minimum atomic E-state index is 0.188. The lowest BCUT2D eigenvalue weighted by Crippen LogP contribution is -1.92. The smallest absolute Gasteiger partial charge is 0.127 e. The van der Waals surface area contributed by atoms with Gasteiger partial charge in [-0.25, -0.2) is 0 Å². The second-order valence-corrected chi connectivity index (χ2v) is 1.31. The molecule has 3 heteroatoms. The zero-order valence-electron chi connectivity index (χ0n) is 3.86. The van der Waals surface area contributed by atoms with Crippen LogP contribution in [0.4, 0.5) is 0 Å². The van der Waals surface area contributed by atoms with Crippen LogP contribution in [0.5, 0.6) is 0 Å². The molecule has 0 saturated carbocycles. The molecule has 0 aliphatic rings. The van der Waals surface area contributed by atoms with Crippen LogP contribution in [-0.2, 0) is 0 Å². The Balaban J connectivity index is 3.39. The molecule has 0 fully saturated rings. The zero-order valence-corrected chi connectivity index (χ0v) is 4.86. The Morgan fingerprint density at radius 2 is 2.29 bits per heavy atom. The first kappa shape index (κ1) is 6.32. The Morgan fingerprint density at radius 3 is 2.71 bits per heavy atom. The molecule has 0 aromatic carbocycles. The van der Waals surface area contributed by atoms with E-state index in [0.717, 1.165) is 0 Å². The van der Waals surface area contributed by atoms with Gasteiger partial charge in [-0.2, -0.15) is 0 Å². The second kappa shape index (κ2) is 5.32. The summed E-state index contributed by atoms with van der Waals surface area (Å²) in [5.74, 6) is 5.14. The molecule has 0 unspecified atom stereocenters. The lowest BCUT2D eigenvalue weighted by atomic mass is 10.6. The van der Waals surface area contributed by atoms with Crippen molar-refractivity contribution in [3.05, 3.63) is 0 Å². The Hall–Kier alpha value is -0.683. The molecular weight excluding hydrogens is 104 g/mol. The fraction of sp³-hybridized carbons (Fsp3) is 0.250. The molecule has 0 bridgehead atoms. The highest BCUT2D eigenvalue weighted by Crippen LogP contribution is 1.42. The summed E-state index contributed by atoms with van der Waals surface area (Å²) < 4.78 is 0. The highest BCUT2D eigenvalue weighted by atomic mass is 28.2. The largest absolute Gasteiger partial charge is 0.395 e. The van der Waals surface area contributed by atoms with Gasteiger partial charge >= 0.3 is 0 Å². The lowest BCUT2D eigenvalue weighted by molar-refractivity contribution is 1.30. The first-order chi connectivity index (χ1) is 3.41. The van der Waals surface area contributed by atoms with E-state index < -0.39 is 0 Å². The quantitative estimate of drug-likeness (QED) is 0.294. The molecule has 0 radical (unpaired) electrons. The maximum atomic E-state index is 5.04. The van der Waals surface area contributed by atoms with Crippen molar-refractivity contribution in [1.82, 2.24) is 0 Å². The van der Waals surface area contributed by atoms with Crippen LogP contribution in [0.3, 0.4) is 0 Å². The minimum Gasteiger partial charge on any atom is -0.395 e. The molecule has 7 heavy (non-hydrogen) atoms. The van der Waals surface area contributed by atoms with Gasteiger partial charge in [0.25, 0.3) is 0 Å². The molecule has 0 aromatic rings. The van der Waals surface area contributed by atoms with Gasteiger partial charge in [0.2, 0.25) is 0 Å². The predicted molar refractivity (Wildman–Crippen MR) is 30.7 cm³/mol. The third-order valence-electron chi connectivity index (χ3n) is 0.325. The van der Waals surface area contributed by atoms with E-state index in [1.165, 1.54) is 0 Å². The van der Waals surface area contributed by atoms with E-state index in [9.17, 15) is 0 Å². The second-order valence-electron chi connectivity index (χ2n) is 0.775. The highest BCUT2D eigenvalue weighted by molar-refractivity contribution is 6.19. The molecule has 0 aliphatic carbocycles. The Kier molecular flexibility index (Phi) is 4.80. The van der Waals surface area contributed by atoms with E-state index in [1.54, 1.807) is 0 Å². The fourth-order valence-electron chi connectivity index (χ4n) is 0.131. The summed E-state index contributed by atoms with van der Waals surface area (Å²) in [5.41, 5.74) is 7.63. The van der Waals surface area contributed by atoms with Gasteiger partial charge in [-0.05, 0) is 11.4 Å². The first-order valence-corrected chi connectivity index (χ1v) is 2.88. The number of hydrogen-bond donors (Lipinski definition) is 2.